The normalized spacial score (nSPS) is 12.3. The van der Waals surface area contributed by atoms with Crippen LogP contribution in [0.3, 0.4) is 0 Å². The number of ether oxygens (including phenoxy) is 1. The number of nitrogens with zero attached hydrogens (tertiary/aromatic N) is 1. The Morgan fingerprint density at radius 3 is 2.95 bits per heavy atom. The van der Waals surface area contributed by atoms with Crippen molar-refractivity contribution in [2.75, 3.05) is 13.2 Å². The highest BCUT2D eigenvalue weighted by atomic mass is 16.5. The SMILES string of the molecule is CCNC(COc1cccc2cccnc12)C(=O)O. The van der Waals surface area contributed by atoms with Crippen LogP contribution >= 0.6 is 0 Å². The van der Waals surface area contributed by atoms with Gasteiger partial charge in [0.2, 0.25) is 0 Å². The lowest BCUT2D eigenvalue weighted by atomic mass is 10.2. The smallest absolute Gasteiger partial charge is 0.324 e. The lowest BCUT2D eigenvalue weighted by molar-refractivity contribution is -0.140. The fourth-order valence-corrected chi connectivity index (χ4v) is 1.83. The average Bonchev–Trinajstić information content (AvgIpc) is 2.43. The summed E-state index contributed by atoms with van der Waals surface area (Å²) in [5.41, 5.74) is 0.741. The Hall–Kier alpha value is -2.14. The molecule has 0 amide bonds. The van der Waals surface area contributed by atoms with Crippen LogP contribution in [0.5, 0.6) is 5.75 Å². The van der Waals surface area contributed by atoms with Gasteiger partial charge >= 0.3 is 5.97 Å². The minimum absolute atomic E-state index is 0.0683. The number of fused-ring (bicyclic) bond motifs is 1. The molecule has 1 unspecified atom stereocenters. The summed E-state index contributed by atoms with van der Waals surface area (Å²) in [5.74, 6) is -0.322. The van der Waals surface area contributed by atoms with E-state index in [1.54, 1.807) is 12.3 Å². The molecule has 0 bridgehead atoms. The molecule has 1 aromatic heterocycles. The van der Waals surface area contributed by atoms with Crippen molar-refractivity contribution in [3.05, 3.63) is 36.5 Å². The molecule has 1 atom stereocenters. The Balaban J connectivity index is 2.15. The van der Waals surface area contributed by atoms with Gasteiger partial charge in [-0.2, -0.15) is 0 Å². The third-order valence-corrected chi connectivity index (χ3v) is 2.75. The number of rotatable bonds is 6. The van der Waals surface area contributed by atoms with Crippen LogP contribution in [0.2, 0.25) is 0 Å². The van der Waals surface area contributed by atoms with E-state index >= 15 is 0 Å². The maximum Gasteiger partial charge on any atom is 0.324 e. The topological polar surface area (TPSA) is 71.5 Å². The number of para-hydroxylation sites is 1. The zero-order valence-electron chi connectivity index (χ0n) is 10.7. The van der Waals surface area contributed by atoms with Crippen molar-refractivity contribution in [3.8, 4) is 5.75 Å². The quantitative estimate of drug-likeness (QED) is 0.826. The van der Waals surface area contributed by atoms with Crippen LogP contribution in [0.25, 0.3) is 10.9 Å². The molecule has 2 N–H and O–H groups in total. The van der Waals surface area contributed by atoms with E-state index in [9.17, 15) is 4.79 Å². The van der Waals surface area contributed by atoms with Crippen molar-refractivity contribution < 1.29 is 14.6 Å². The second kappa shape index (κ2) is 6.15. The highest BCUT2D eigenvalue weighted by Gasteiger charge is 2.17. The number of likely N-dealkylation sites (N-methyl/N-ethyl adjacent to an activating group) is 1. The van der Waals surface area contributed by atoms with E-state index in [4.69, 9.17) is 9.84 Å². The zero-order chi connectivity index (χ0) is 13.7. The lowest BCUT2D eigenvalue weighted by Gasteiger charge is -2.15. The molecule has 100 valence electrons. The van der Waals surface area contributed by atoms with E-state index in [0.717, 1.165) is 10.9 Å². The molecule has 0 aliphatic rings. The molecule has 2 aromatic rings. The monoisotopic (exact) mass is 260 g/mol. The standard InChI is InChI=1S/C14H16N2O3/c1-2-15-11(14(17)18)9-19-12-7-3-5-10-6-4-8-16-13(10)12/h3-8,11,15H,2,9H2,1H3,(H,17,18). The second-order valence-electron chi connectivity index (χ2n) is 4.09. The molecule has 0 radical (unpaired) electrons. The summed E-state index contributed by atoms with van der Waals surface area (Å²) in [4.78, 5) is 15.3. The lowest BCUT2D eigenvalue weighted by Crippen LogP contribution is -2.41. The maximum absolute atomic E-state index is 11.0. The van der Waals surface area contributed by atoms with Crippen molar-refractivity contribution >= 4 is 16.9 Å². The molecule has 0 aliphatic carbocycles. The van der Waals surface area contributed by atoms with E-state index in [1.807, 2.05) is 31.2 Å². The molecule has 2 rings (SSSR count). The highest BCUT2D eigenvalue weighted by molar-refractivity contribution is 5.84. The van der Waals surface area contributed by atoms with Gasteiger partial charge in [0.25, 0.3) is 0 Å². The Bertz CT molecular complexity index is 566. The number of hydrogen-bond acceptors (Lipinski definition) is 4. The molecule has 0 spiro atoms. The molecule has 0 fully saturated rings. The first-order valence-electron chi connectivity index (χ1n) is 6.15. The predicted octanol–water partition coefficient (Wildman–Crippen LogP) is 1.68. The van der Waals surface area contributed by atoms with Gasteiger partial charge in [0.05, 0.1) is 0 Å². The van der Waals surface area contributed by atoms with Crippen molar-refractivity contribution in [1.82, 2.24) is 10.3 Å². The van der Waals surface area contributed by atoms with Crippen LogP contribution in [0, 0.1) is 0 Å². The number of carboxylic acids is 1. The van der Waals surface area contributed by atoms with Gasteiger partial charge in [-0.3, -0.25) is 9.78 Å². The minimum atomic E-state index is -0.921. The van der Waals surface area contributed by atoms with Crippen molar-refractivity contribution in [1.29, 1.82) is 0 Å². The summed E-state index contributed by atoms with van der Waals surface area (Å²) in [7, 11) is 0. The number of carbonyl (C=O) groups is 1. The molecule has 0 saturated heterocycles. The number of benzene rings is 1. The number of hydrogen-bond donors (Lipinski definition) is 2. The Labute approximate surface area is 111 Å². The second-order valence-corrected chi connectivity index (χ2v) is 4.09. The van der Waals surface area contributed by atoms with Crippen LogP contribution in [0.15, 0.2) is 36.5 Å². The molecule has 1 heterocycles. The predicted molar refractivity (Wildman–Crippen MR) is 72.3 cm³/mol. The van der Waals surface area contributed by atoms with E-state index in [2.05, 4.69) is 10.3 Å². The van der Waals surface area contributed by atoms with Gasteiger partial charge in [0, 0.05) is 11.6 Å². The zero-order valence-corrected chi connectivity index (χ0v) is 10.7. The molecule has 0 aliphatic heterocycles. The van der Waals surface area contributed by atoms with Crippen molar-refractivity contribution in [3.63, 3.8) is 0 Å². The van der Waals surface area contributed by atoms with E-state index in [-0.39, 0.29) is 6.61 Å². The van der Waals surface area contributed by atoms with Crippen molar-refractivity contribution in [2.45, 2.75) is 13.0 Å². The van der Waals surface area contributed by atoms with Gasteiger partial charge in [-0.05, 0) is 18.7 Å². The van der Waals surface area contributed by atoms with Gasteiger partial charge in [-0.25, -0.2) is 0 Å². The van der Waals surface area contributed by atoms with Crippen LogP contribution in [0.1, 0.15) is 6.92 Å². The molecular weight excluding hydrogens is 244 g/mol. The van der Waals surface area contributed by atoms with Gasteiger partial charge in [0.15, 0.2) is 0 Å². The first kappa shape index (κ1) is 13.3. The number of carboxylic acid groups (broad SMARTS) is 1. The van der Waals surface area contributed by atoms with Crippen LogP contribution < -0.4 is 10.1 Å². The Morgan fingerprint density at radius 2 is 2.21 bits per heavy atom. The van der Waals surface area contributed by atoms with Crippen LogP contribution in [-0.2, 0) is 4.79 Å². The minimum Gasteiger partial charge on any atom is -0.489 e. The van der Waals surface area contributed by atoms with E-state index in [1.165, 1.54) is 0 Å². The van der Waals surface area contributed by atoms with Gasteiger partial charge in [0.1, 0.15) is 23.9 Å². The molecule has 1 aromatic carbocycles. The fraction of sp³-hybridized carbons (Fsp3) is 0.286. The first-order valence-corrected chi connectivity index (χ1v) is 6.15. The van der Waals surface area contributed by atoms with Gasteiger partial charge < -0.3 is 15.2 Å². The van der Waals surface area contributed by atoms with Crippen LogP contribution in [-0.4, -0.2) is 35.3 Å². The summed E-state index contributed by atoms with van der Waals surface area (Å²) < 4.78 is 5.59. The van der Waals surface area contributed by atoms with Gasteiger partial charge in [-0.1, -0.05) is 25.1 Å². The molecule has 0 saturated carbocycles. The number of aromatic nitrogens is 1. The van der Waals surface area contributed by atoms with E-state index in [0.29, 0.717) is 12.3 Å². The Kier molecular flexibility index (Phi) is 4.30. The number of pyridine rings is 1. The summed E-state index contributed by atoms with van der Waals surface area (Å²) in [6.07, 6.45) is 1.69. The molecule has 19 heavy (non-hydrogen) atoms. The van der Waals surface area contributed by atoms with Crippen molar-refractivity contribution in [2.24, 2.45) is 0 Å². The average molecular weight is 260 g/mol. The van der Waals surface area contributed by atoms with E-state index < -0.39 is 12.0 Å². The third kappa shape index (κ3) is 3.20. The maximum atomic E-state index is 11.0. The summed E-state index contributed by atoms with van der Waals surface area (Å²) in [5, 5.41) is 12.9. The summed E-state index contributed by atoms with van der Waals surface area (Å²) in [6.45, 7) is 2.50. The first-order chi connectivity index (χ1) is 9.22. The number of aliphatic carboxylic acids is 1. The molecule has 5 heteroatoms. The highest BCUT2D eigenvalue weighted by Crippen LogP contribution is 2.22. The largest absolute Gasteiger partial charge is 0.489 e. The molecular formula is C14H16N2O3. The fourth-order valence-electron chi connectivity index (χ4n) is 1.83. The number of nitrogens with one attached hydrogen (secondary N) is 1. The molecule has 5 nitrogen and oxygen atoms in total. The summed E-state index contributed by atoms with van der Waals surface area (Å²) >= 11 is 0. The Morgan fingerprint density at radius 1 is 1.42 bits per heavy atom. The third-order valence-electron chi connectivity index (χ3n) is 2.75. The van der Waals surface area contributed by atoms with Crippen LogP contribution in [0.4, 0.5) is 0 Å². The summed E-state index contributed by atoms with van der Waals surface area (Å²) in [6, 6.07) is 8.67. The van der Waals surface area contributed by atoms with Gasteiger partial charge in [-0.15, -0.1) is 0 Å².